The van der Waals surface area contributed by atoms with E-state index in [1.807, 2.05) is 30.3 Å². The summed E-state index contributed by atoms with van der Waals surface area (Å²) >= 11 is 7.69. The zero-order valence-electron chi connectivity index (χ0n) is 11.2. The molecular weight excluding hydrogens is 292 g/mol. The van der Waals surface area contributed by atoms with Gasteiger partial charge in [-0.25, -0.2) is 0 Å². The van der Waals surface area contributed by atoms with E-state index in [9.17, 15) is 4.79 Å². The molecule has 106 valence electrons. The monoisotopic (exact) mass is 308 g/mol. The Hall–Kier alpha value is -1.36. The normalized spacial score (nSPS) is 12.3. The maximum absolute atomic E-state index is 11.0. The minimum absolute atomic E-state index is 0.300. The van der Waals surface area contributed by atoms with Crippen molar-refractivity contribution in [2.75, 3.05) is 0 Å². The van der Waals surface area contributed by atoms with Gasteiger partial charge in [-0.1, -0.05) is 29.8 Å². The van der Waals surface area contributed by atoms with Gasteiger partial charge < -0.3 is 11.1 Å². The maximum atomic E-state index is 11.0. The molecular formula is C15H17ClN2OS. The van der Waals surface area contributed by atoms with Gasteiger partial charge in [0.2, 0.25) is 5.91 Å². The van der Waals surface area contributed by atoms with Gasteiger partial charge in [-0.05, 0) is 31.0 Å². The van der Waals surface area contributed by atoms with Crippen molar-refractivity contribution in [2.24, 2.45) is 5.73 Å². The van der Waals surface area contributed by atoms with Gasteiger partial charge in [-0.15, -0.1) is 11.3 Å². The van der Waals surface area contributed by atoms with Gasteiger partial charge in [0.05, 0.1) is 5.56 Å². The summed E-state index contributed by atoms with van der Waals surface area (Å²) in [6.07, 6.45) is 0.869. The van der Waals surface area contributed by atoms with Crippen LogP contribution in [-0.4, -0.2) is 11.9 Å². The van der Waals surface area contributed by atoms with E-state index in [4.69, 9.17) is 17.3 Å². The second-order valence-corrected chi connectivity index (χ2v) is 6.15. The number of halogens is 1. The second kappa shape index (κ2) is 6.88. The summed E-state index contributed by atoms with van der Waals surface area (Å²) in [7, 11) is 0. The topological polar surface area (TPSA) is 55.1 Å². The van der Waals surface area contributed by atoms with Crippen LogP contribution in [0.25, 0.3) is 0 Å². The SMILES string of the molecule is CC(Cc1ccccc1Cl)NCc1cc(C(N)=O)cs1. The molecule has 1 unspecified atom stereocenters. The highest BCUT2D eigenvalue weighted by atomic mass is 35.5. The van der Waals surface area contributed by atoms with Crippen LogP contribution in [0, 0.1) is 0 Å². The molecule has 0 saturated heterocycles. The van der Waals surface area contributed by atoms with Gasteiger partial charge in [0, 0.05) is 27.9 Å². The Balaban J connectivity index is 1.87. The summed E-state index contributed by atoms with van der Waals surface area (Å²) in [5, 5.41) is 6.02. The number of primary amides is 1. The first-order chi connectivity index (χ1) is 9.56. The lowest BCUT2D eigenvalue weighted by molar-refractivity contribution is 0.100. The van der Waals surface area contributed by atoms with Gasteiger partial charge in [0.15, 0.2) is 0 Å². The van der Waals surface area contributed by atoms with E-state index in [1.54, 1.807) is 5.38 Å². The van der Waals surface area contributed by atoms with E-state index < -0.39 is 0 Å². The van der Waals surface area contributed by atoms with Crippen LogP contribution < -0.4 is 11.1 Å². The van der Waals surface area contributed by atoms with Gasteiger partial charge in [-0.3, -0.25) is 4.79 Å². The average Bonchev–Trinajstić information content (AvgIpc) is 2.88. The molecule has 1 aromatic heterocycles. The molecule has 1 amide bonds. The fourth-order valence-corrected chi connectivity index (χ4v) is 2.98. The Morgan fingerprint density at radius 1 is 1.45 bits per heavy atom. The first-order valence-corrected chi connectivity index (χ1v) is 7.66. The van der Waals surface area contributed by atoms with Crippen LogP contribution >= 0.6 is 22.9 Å². The number of nitrogens with one attached hydrogen (secondary N) is 1. The van der Waals surface area contributed by atoms with Crippen molar-refractivity contribution in [3.63, 3.8) is 0 Å². The van der Waals surface area contributed by atoms with Gasteiger partial charge in [0.25, 0.3) is 0 Å². The highest BCUT2D eigenvalue weighted by Crippen LogP contribution is 2.17. The molecule has 5 heteroatoms. The van der Waals surface area contributed by atoms with Crippen LogP contribution in [0.3, 0.4) is 0 Å². The summed E-state index contributed by atoms with van der Waals surface area (Å²) in [5.41, 5.74) is 6.95. The molecule has 3 nitrogen and oxygen atoms in total. The minimum Gasteiger partial charge on any atom is -0.366 e. The Labute approximate surface area is 127 Å². The third-order valence-corrected chi connectivity index (χ3v) is 4.35. The Kier molecular flexibility index (Phi) is 5.17. The summed E-state index contributed by atoms with van der Waals surface area (Å²) in [4.78, 5) is 12.1. The Morgan fingerprint density at radius 2 is 2.20 bits per heavy atom. The number of carbonyl (C=O) groups excluding carboxylic acids is 1. The fraction of sp³-hybridized carbons (Fsp3) is 0.267. The third-order valence-electron chi connectivity index (χ3n) is 3.05. The molecule has 20 heavy (non-hydrogen) atoms. The van der Waals surface area contributed by atoms with Gasteiger partial charge >= 0.3 is 0 Å². The fourth-order valence-electron chi connectivity index (χ4n) is 1.94. The van der Waals surface area contributed by atoms with Crippen LogP contribution in [0.4, 0.5) is 0 Å². The van der Waals surface area contributed by atoms with Crippen molar-refractivity contribution in [3.8, 4) is 0 Å². The lowest BCUT2D eigenvalue weighted by atomic mass is 10.1. The van der Waals surface area contributed by atoms with Crippen LogP contribution in [0.5, 0.6) is 0 Å². The molecule has 0 spiro atoms. The highest BCUT2D eigenvalue weighted by molar-refractivity contribution is 7.10. The van der Waals surface area contributed by atoms with Crippen molar-refractivity contribution in [2.45, 2.75) is 25.9 Å². The molecule has 0 bridgehead atoms. The number of hydrogen-bond donors (Lipinski definition) is 2. The van der Waals surface area contributed by atoms with E-state index in [0.717, 1.165) is 28.4 Å². The van der Waals surface area contributed by atoms with Crippen molar-refractivity contribution in [1.82, 2.24) is 5.32 Å². The van der Waals surface area contributed by atoms with Gasteiger partial charge in [0.1, 0.15) is 0 Å². The molecule has 2 aromatic rings. The van der Waals surface area contributed by atoms with Crippen LogP contribution in [0.1, 0.15) is 27.7 Å². The average molecular weight is 309 g/mol. The Bertz CT molecular complexity index is 597. The quantitative estimate of drug-likeness (QED) is 0.861. The van der Waals surface area contributed by atoms with E-state index >= 15 is 0 Å². The zero-order chi connectivity index (χ0) is 14.5. The molecule has 0 aliphatic rings. The van der Waals surface area contributed by atoms with Crippen LogP contribution in [0.2, 0.25) is 5.02 Å². The number of rotatable bonds is 6. The van der Waals surface area contributed by atoms with Crippen molar-refractivity contribution in [1.29, 1.82) is 0 Å². The zero-order valence-corrected chi connectivity index (χ0v) is 12.8. The lowest BCUT2D eigenvalue weighted by Crippen LogP contribution is -2.27. The first kappa shape index (κ1) is 15.0. The second-order valence-electron chi connectivity index (χ2n) is 4.74. The number of benzene rings is 1. The summed E-state index contributed by atoms with van der Waals surface area (Å²) in [6.45, 7) is 2.84. The molecule has 0 saturated carbocycles. The smallest absolute Gasteiger partial charge is 0.249 e. The van der Waals surface area contributed by atoms with Crippen molar-refractivity contribution >= 4 is 28.8 Å². The summed E-state index contributed by atoms with van der Waals surface area (Å²) < 4.78 is 0. The van der Waals surface area contributed by atoms with Crippen LogP contribution in [0.15, 0.2) is 35.7 Å². The molecule has 2 rings (SSSR count). The third kappa shape index (κ3) is 4.07. The van der Waals surface area contributed by atoms with E-state index in [2.05, 4.69) is 12.2 Å². The maximum Gasteiger partial charge on any atom is 0.249 e. The highest BCUT2D eigenvalue weighted by Gasteiger charge is 2.08. The first-order valence-electron chi connectivity index (χ1n) is 6.40. The Morgan fingerprint density at radius 3 is 2.85 bits per heavy atom. The summed E-state index contributed by atoms with van der Waals surface area (Å²) in [6, 6.07) is 10.0. The lowest BCUT2D eigenvalue weighted by Gasteiger charge is -2.14. The number of thiophene rings is 1. The van der Waals surface area contributed by atoms with Crippen molar-refractivity contribution in [3.05, 3.63) is 56.7 Å². The largest absolute Gasteiger partial charge is 0.366 e. The van der Waals surface area contributed by atoms with Crippen molar-refractivity contribution < 1.29 is 4.79 Å². The molecule has 1 atom stereocenters. The van der Waals surface area contributed by atoms with Crippen LogP contribution in [-0.2, 0) is 13.0 Å². The molecule has 3 N–H and O–H groups in total. The standard InChI is InChI=1S/C15H17ClN2OS/c1-10(6-11-4-2-3-5-14(11)16)18-8-13-7-12(9-20-13)15(17)19/h2-5,7,9-10,18H,6,8H2,1H3,(H2,17,19). The van der Waals surface area contributed by atoms with E-state index in [1.165, 1.54) is 11.3 Å². The number of nitrogens with two attached hydrogens (primary N) is 1. The summed E-state index contributed by atoms with van der Waals surface area (Å²) in [5.74, 6) is -0.378. The molecule has 1 aromatic carbocycles. The minimum atomic E-state index is -0.378. The molecule has 0 aliphatic carbocycles. The predicted molar refractivity (Wildman–Crippen MR) is 84.3 cm³/mol. The predicted octanol–water partition coefficient (Wildman–Crippen LogP) is 3.22. The van der Waals surface area contributed by atoms with E-state index in [-0.39, 0.29) is 5.91 Å². The molecule has 0 radical (unpaired) electrons. The van der Waals surface area contributed by atoms with E-state index in [0.29, 0.717) is 11.6 Å². The molecule has 0 fully saturated rings. The number of hydrogen-bond acceptors (Lipinski definition) is 3. The number of carbonyl (C=O) groups is 1. The molecule has 0 aliphatic heterocycles. The number of amides is 1. The van der Waals surface area contributed by atoms with Gasteiger partial charge in [-0.2, -0.15) is 0 Å². The molecule has 1 heterocycles.